The number of amides is 2. The summed E-state index contributed by atoms with van der Waals surface area (Å²) in [7, 11) is 0. The molecule has 37 heavy (non-hydrogen) atoms. The molecule has 0 heterocycles. The first-order valence-corrected chi connectivity index (χ1v) is 14.6. The number of carbonyl (C=O) groups excluding carboxylic acids is 2. The van der Waals surface area contributed by atoms with Gasteiger partial charge in [0.1, 0.15) is 6.61 Å². The molecule has 9 heteroatoms. The molecular weight excluding hydrogens is 476 g/mol. The molecule has 0 unspecified atom stereocenters. The highest BCUT2D eigenvalue weighted by molar-refractivity contribution is 5.76. The number of ether oxygens (including phenoxy) is 2. The number of hydrogen-bond donors (Lipinski definition) is 4. The summed E-state index contributed by atoms with van der Waals surface area (Å²) in [5.41, 5.74) is 0. The van der Waals surface area contributed by atoms with Crippen LogP contribution in [0.2, 0.25) is 0 Å². The minimum Gasteiger partial charge on any atom is -0.481 e. The van der Waals surface area contributed by atoms with E-state index in [1.165, 1.54) is 77.0 Å². The fraction of sp³-hybridized carbons (Fsp3) is 0.893. The van der Waals surface area contributed by atoms with Gasteiger partial charge in [-0.3, -0.25) is 14.4 Å². The second-order valence-electron chi connectivity index (χ2n) is 9.63. The molecule has 0 aromatic rings. The summed E-state index contributed by atoms with van der Waals surface area (Å²) in [5, 5.41) is 22.5. The van der Waals surface area contributed by atoms with Crippen molar-refractivity contribution >= 4 is 17.8 Å². The second-order valence-corrected chi connectivity index (χ2v) is 9.63. The van der Waals surface area contributed by atoms with E-state index in [1.807, 2.05) is 0 Å². The molecule has 0 saturated heterocycles. The molecule has 9 nitrogen and oxygen atoms in total. The van der Waals surface area contributed by atoms with Crippen LogP contribution in [-0.4, -0.2) is 74.1 Å². The van der Waals surface area contributed by atoms with Crippen LogP contribution < -0.4 is 10.6 Å². The molecule has 2 amide bonds. The minimum atomic E-state index is -0.679. The Bertz CT molecular complexity index is 547. The van der Waals surface area contributed by atoms with Crippen molar-refractivity contribution in [1.29, 1.82) is 0 Å². The summed E-state index contributed by atoms with van der Waals surface area (Å²) in [6.07, 6.45) is 20.2. The van der Waals surface area contributed by atoms with Crippen LogP contribution in [0.3, 0.4) is 0 Å². The maximum absolute atomic E-state index is 11.8. The Kier molecular flexibility index (Phi) is 27.5. The number of aliphatic hydroxyl groups excluding tert-OH is 1. The van der Waals surface area contributed by atoms with Crippen LogP contribution in [0, 0.1) is 0 Å². The van der Waals surface area contributed by atoms with Crippen LogP contribution >= 0.6 is 0 Å². The van der Waals surface area contributed by atoms with Gasteiger partial charge < -0.3 is 30.3 Å². The van der Waals surface area contributed by atoms with Crippen LogP contribution in [-0.2, 0) is 23.9 Å². The lowest BCUT2D eigenvalue weighted by Gasteiger charge is -2.08. The standard InChI is InChI=1S/C28H54N2O7/c31-25-27(33)30-20-22-37-24-23-36-21-19-29-26(32)17-15-13-11-9-7-5-3-1-2-4-6-8-10-12-14-16-18-28(34)35/h31H,1-25H2,(H,29,32)(H,30,33)(H,34,35). The van der Waals surface area contributed by atoms with Gasteiger partial charge in [-0.2, -0.15) is 0 Å². The summed E-state index contributed by atoms with van der Waals surface area (Å²) in [4.78, 5) is 33.1. The second kappa shape index (κ2) is 28.9. The molecule has 0 aliphatic carbocycles. The molecule has 0 atom stereocenters. The van der Waals surface area contributed by atoms with E-state index in [2.05, 4.69) is 10.6 Å². The Morgan fingerprint density at radius 3 is 1.22 bits per heavy atom. The van der Waals surface area contributed by atoms with Crippen LogP contribution in [0.1, 0.15) is 116 Å². The third-order valence-electron chi connectivity index (χ3n) is 6.20. The van der Waals surface area contributed by atoms with Crippen molar-refractivity contribution in [3.8, 4) is 0 Å². The Balaban J connectivity index is 3.17. The maximum Gasteiger partial charge on any atom is 0.303 e. The summed E-state index contributed by atoms with van der Waals surface area (Å²) >= 11 is 0. The zero-order valence-corrected chi connectivity index (χ0v) is 23.1. The first kappa shape index (κ1) is 35.3. The number of carboxylic acid groups (broad SMARTS) is 1. The first-order chi connectivity index (χ1) is 18.1. The van der Waals surface area contributed by atoms with Gasteiger partial charge in [0.25, 0.3) is 0 Å². The number of rotatable bonds is 29. The van der Waals surface area contributed by atoms with Gasteiger partial charge in [-0.15, -0.1) is 0 Å². The van der Waals surface area contributed by atoms with Gasteiger partial charge in [0, 0.05) is 25.9 Å². The first-order valence-electron chi connectivity index (χ1n) is 14.6. The highest BCUT2D eigenvalue weighted by Crippen LogP contribution is 2.14. The van der Waals surface area contributed by atoms with E-state index in [1.54, 1.807) is 0 Å². The fourth-order valence-corrected chi connectivity index (χ4v) is 4.03. The molecule has 0 aromatic carbocycles. The lowest BCUT2D eigenvalue weighted by molar-refractivity contribution is -0.137. The van der Waals surface area contributed by atoms with Crippen molar-refractivity contribution in [2.75, 3.05) is 46.1 Å². The van der Waals surface area contributed by atoms with Gasteiger partial charge in [0.2, 0.25) is 11.8 Å². The van der Waals surface area contributed by atoms with Gasteiger partial charge in [0.05, 0.1) is 26.4 Å². The minimum absolute atomic E-state index is 0.0812. The number of aliphatic hydroxyl groups is 1. The van der Waals surface area contributed by atoms with E-state index in [-0.39, 0.29) is 5.91 Å². The number of carbonyl (C=O) groups is 3. The highest BCUT2D eigenvalue weighted by Gasteiger charge is 2.01. The van der Waals surface area contributed by atoms with Gasteiger partial charge in [0.15, 0.2) is 0 Å². The van der Waals surface area contributed by atoms with Gasteiger partial charge in [-0.1, -0.05) is 89.9 Å². The largest absolute Gasteiger partial charge is 0.481 e. The summed E-state index contributed by atoms with van der Waals surface area (Å²) in [5.74, 6) is -1.01. The lowest BCUT2D eigenvalue weighted by atomic mass is 10.0. The Labute approximate surface area is 224 Å². The zero-order valence-electron chi connectivity index (χ0n) is 23.1. The molecule has 218 valence electrons. The van der Waals surface area contributed by atoms with Crippen molar-refractivity contribution in [2.24, 2.45) is 0 Å². The predicted molar refractivity (Wildman–Crippen MR) is 145 cm³/mol. The van der Waals surface area contributed by atoms with Crippen molar-refractivity contribution in [1.82, 2.24) is 10.6 Å². The topological polar surface area (TPSA) is 134 Å². The van der Waals surface area contributed by atoms with Crippen molar-refractivity contribution in [3.63, 3.8) is 0 Å². The quantitative estimate of drug-likeness (QED) is 0.106. The molecule has 0 aromatic heterocycles. The predicted octanol–water partition coefficient (Wildman–Crippen LogP) is 4.35. The summed E-state index contributed by atoms with van der Waals surface area (Å²) in [6.45, 7) is 2.02. The molecule has 4 N–H and O–H groups in total. The number of carboxylic acids is 1. The Hall–Kier alpha value is -1.71. The van der Waals surface area contributed by atoms with Gasteiger partial charge >= 0.3 is 5.97 Å². The van der Waals surface area contributed by atoms with Crippen molar-refractivity contribution in [3.05, 3.63) is 0 Å². The molecule has 0 fully saturated rings. The van der Waals surface area contributed by atoms with E-state index in [9.17, 15) is 14.4 Å². The average Bonchev–Trinajstić information content (AvgIpc) is 2.88. The molecular formula is C28H54N2O7. The molecule has 0 rings (SSSR count). The third kappa shape index (κ3) is 30.4. The van der Waals surface area contributed by atoms with Gasteiger partial charge in [-0.05, 0) is 12.8 Å². The third-order valence-corrected chi connectivity index (χ3v) is 6.20. The van der Waals surface area contributed by atoms with E-state index in [4.69, 9.17) is 19.7 Å². The van der Waals surface area contributed by atoms with Crippen LogP contribution in [0.5, 0.6) is 0 Å². The van der Waals surface area contributed by atoms with E-state index in [0.29, 0.717) is 52.4 Å². The highest BCUT2D eigenvalue weighted by atomic mass is 16.5. The number of hydrogen-bond acceptors (Lipinski definition) is 6. The summed E-state index contributed by atoms with van der Waals surface area (Å²) < 4.78 is 10.7. The zero-order chi connectivity index (χ0) is 27.2. The monoisotopic (exact) mass is 530 g/mol. The van der Waals surface area contributed by atoms with Crippen LogP contribution in [0.15, 0.2) is 0 Å². The van der Waals surface area contributed by atoms with Crippen molar-refractivity contribution < 1.29 is 34.1 Å². The van der Waals surface area contributed by atoms with E-state index in [0.717, 1.165) is 25.7 Å². The molecule has 0 spiro atoms. The van der Waals surface area contributed by atoms with E-state index >= 15 is 0 Å². The smallest absolute Gasteiger partial charge is 0.303 e. The van der Waals surface area contributed by atoms with Crippen LogP contribution in [0.4, 0.5) is 0 Å². The Morgan fingerprint density at radius 1 is 0.486 bits per heavy atom. The van der Waals surface area contributed by atoms with Gasteiger partial charge in [-0.25, -0.2) is 0 Å². The number of nitrogens with one attached hydrogen (secondary N) is 2. The van der Waals surface area contributed by atoms with E-state index < -0.39 is 18.5 Å². The normalized spacial score (nSPS) is 10.9. The number of unbranched alkanes of at least 4 members (excludes halogenated alkanes) is 15. The molecule has 0 aliphatic heterocycles. The SMILES string of the molecule is O=C(O)CCCCCCCCCCCCCCCCCCC(=O)NCCOCCOCCNC(=O)CO. The Morgan fingerprint density at radius 2 is 0.838 bits per heavy atom. The molecule has 0 aliphatic rings. The fourth-order valence-electron chi connectivity index (χ4n) is 4.03. The summed E-state index contributed by atoms with van der Waals surface area (Å²) in [6, 6.07) is 0. The average molecular weight is 531 g/mol. The lowest BCUT2D eigenvalue weighted by Crippen LogP contribution is -2.30. The maximum atomic E-state index is 11.8. The number of aliphatic carboxylic acids is 1. The van der Waals surface area contributed by atoms with Crippen molar-refractivity contribution in [2.45, 2.75) is 116 Å². The van der Waals surface area contributed by atoms with Crippen LogP contribution in [0.25, 0.3) is 0 Å². The molecule has 0 saturated carbocycles. The molecule has 0 bridgehead atoms. The molecule has 0 radical (unpaired) electrons.